The summed E-state index contributed by atoms with van der Waals surface area (Å²) in [7, 11) is 0. The summed E-state index contributed by atoms with van der Waals surface area (Å²) in [6, 6.07) is 11.2. The summed E-state index contributed by atoms with van der Waals surface area (Å²) in [4.78, 5) is 1.66. The monoisotopic (exact) mass is 302 g/mol. The summed E-state index contributed by atoms with van der Waals surface area (Å²) < 4.78 is 0. The molecule has 2 nitrogen and oxygen atoms in total. The highest BCUT2D eigenvalue weighted by atomic mass is 32.2. The van der Waals surface area contributed by atoms with Gasteiger partial charge in [0, 0.05) is 0 Å². The van der Waals surface area contributed by atoms with E-state index in [2.05, 4.69) is 27.7 Å². The Morgan fingerprint density at radius 3 is 1.43 bits per heavy atom. The zero-order valence-electron chi connectivity index (χ0n) is 12.9. The van der Waals surface area contributed by atoms with Crippen molar-refractivity contribution in [2.24, 2.45) is 0 Å². The van der Waals surface area contributed by atoms with Crippen LogP contribution < -0.4 is 0 Å². The zero-order chi connectivity index (χ0) is 15.6. The van der Waals surface area contributed by atoms with Crippen molar-refractivity contribution in [2.45, 2.75) is 49.3 Å². The predicted molar refractivity (Wildman–Crippen MR) is 88.5 cm³/mol. The maximum atomic E-state index is 10.2. The molecule has 0 unspecified atom stereocenters. The topological polar surface area (TPSA) is 40.5 Å². The lowest BCUT2D eigenvalue weighted by molar-refractivity contribution is 0.457. The minimum atomic E-state index is 0.268. The average molecular weight is 302 g/mol. The van der Waals surface area contributed by atoms with E-state index in [-0.39, 0.29) is 11.5 Å². The van der Waals surface area contributed by atoms with Crippen molar-refractivity contribution in [2.75, 3.05) is 0 Å². The smallest absolute Gasteiger partial charge is 0.129 e. The third kappa shape index (κ3) is 3.35. The summed E-state index contributed by atoms with van der Waals surface area (Å²) in [6.45, 7) is 8.42. The summed E-state index contributed by atoms with van der Waals surface area (Å²) in [5, 5.41) is 20.4. The van der Waals surface area contributed by atoms with Gasteiger partial charge < -0.3 is 10.2 Å². The number of aromatic hydroxyl groups is 2. The molecule has 2 rings (SSSR count). The molecule has 0 amide bonds. The fourth-order valence-electron chi connectivity index (χ4n) is 2.32. The molecule has 0 aliphatic carbocycles. The molecule has 2 N–H and O–H groups in total. The van der Waals surface area contributed by atoms with Crippen LogP contribution in [0.3, 0.4) is 0 Å². The van der Waals surface area contributed by atoms with Gasteiger partial charge in [0.2, 0.25) is 0 Å². The van der Waals surface area contributed by atoms with Crippen LogP contribution in [0.4, 0.5) is 0 Å². The van der Waals surface area contributed by atoms with Gasteiger partial charge in [0.1, 0.15) is 11.5 Å². The van der Waals surface area contributed by atoms with Crippen LogP contribution in [0, 0.1) is 0 Å². The van der Waals surface area contributed by atoms with E-state index in [4.69, 9.17) is 0 Å². The van der Waals surface area contributed by atoms with Gasteiger partial charge in [-0.25, -0.2) is 0 Å². The highest BCUT2D eigenvalue weighted by Gasteiger charge is 2.17. The fraction of sp³-hybridized carbons (Fsp3) is 0.333. The van der Waals surface area contributed by atoms with Crippen molar-refractivity contribution >= 4 is 11.8 Å². The molecule has 0 bridgehead atoms. The van der Waals surface area contributed by atoms with E-state index in [9.17, 15) is 10.2 Å². The van der Waals surface area contributed by atoms with Gasteiger partial charge in [-0.15, -0.1) is 0 Å². The van der Waals surface area contributed by atoms with Gasteiger partial charge >= 0.3 is 0 Å². The van der Waals surface area contributed by atoms with E-state index >= 15 is 0 Å². The second-order valence-electron chi connectivity index (χ2n) is 5.80. The van der Waals surface area contributed by atoms with Crippen LogP contribution in [-0.4, -0.2) is 10.2 Å². The number of hydrogen-bond acceptors (Lipinski definition) is 3. The van der Waals surface area contributed by atoms with Crippen LogP contribution in [0.25, 0.3) is 0 Å². The number of phenols is 2. The van der Waals surface area contributed by atoms with Crippen molar-refractivity contribution in [3.05, 3.63) is 47.5 Å². The molecule has 0 spiro atoms. The maximum absolute atomic E-state index is 10.2. The van der Waals surface area contributed by atoms with Gasteiger partial charge in [0.15, 0.2) is 0 Å². The largest absolute Gasteiger partial charge is 0.507 e. The minimum Gasteiger partial charge on any atom is -0.507 e. The molecule has 2 aromatic rings. The lowest BCUT2D eigenvalue weighted by Gasteiger charge is -2.18. The molecule has 0 atom stereocenters. The molecule has 0 fully saturated rings. The zero-order valence-corrected chi connectivity index (χ0v) is 13.7. The molecule has 0 aliphatic rings. The van der Waals surface area contributed by atoms with E-state index in [0.29, 0.717) is 11.8 Å². The molecular weight excluding hydrogens is 280 g/mol. The Morgan fingerprint density at radius 2 is 1.10 bits per heavy atom. The first-order valence-corrected chi connectivity index (χ1v) is 8.05. The van der Waals surface area contributed by atoms with E-state index in [0.717, 1.165) is 20.9 Å². The van der Waals surface area contributed by atoms with Crippen LogP contribution >= 0.6 is 11.8 Å². The number of phenolic OH excluding ortho intramolecular Hbond substituents is 2. The van der Waals surface area contributed by atoms with Gasteiger partial charge in [-0.05, 0) is 35.1 Å². The molecule has 0 saturated carbocycles. The van der Waals surface area contributed by atoms with E-state index in [1.54, 1.807) is 12.1 Å². The van der Waals surface area contributed by atoms with Gasteiger partial charge in [-0.3, -0.25) is 0 Å². The molecule has 0 aliphatic heterocycles. The molecular formula is C18H22O2S. The Labute approximate surface area is 130 Å². The summed E-state index contributed by atoms with van der Waals surface area (Å²) >= 11 is 1.45. The van der Waals surface area contributed by atoms with E-state index < -0.39 is 0 Å². The number of hydrogen-bond donors (Lipinski definition) is 2. The third-order valence-corrected chi connectivity index (χ3v) is 4.80. The second-order valence-corrected chi connectivity index (χ2v) is 6.82. The maximum Gasteiger partial charge on any atom is 0.129 e. The first-order valence-electron chi connectivity index (χ1n) is 7.23. The summed E-state index contributed by atoms with van der Waals surface area (Å²) in [6.07, 6.45) is 0. The average Bonchev–Trinajstić information content (AvgIpc) is 2.42. The lowest BCUT2D eigenvalue weighted by atomic mass is 10.0. The summed E-state index contributed by atoms with van der Waals surface area (Å²) in [5.74, 6) is 1.16. The highest BCUT2D eigenvalue weighted by Crippen LogP contribution is 2.45. The molecule has 0 aromatic heterocycles. The van der Waals surface area contributed by atoms with Crippen LogP contribution in [0.15, 0.2) is 46.2 Å². The molecule has 3 heteroatoms. The van der Waals surface area contributed by atoms with Gasteiger partial charge in [-0.1, -0.05) is 63.7 Å². The molecule has 0 radical (unpaired) electrons. The van der Waals surface area contributed by atoms with Gasteiger partial charge in [0.25, 0.3) is 0 Å². The Kier molecular flexibility index (Phi) is 4.84. The lowest BCUT2D eigenvalue weighted by Crippen LogP contribution is -1.94. The Morgan fingerprint density at radius 1 is 0.714 bits per heavy atom. The van der Waals surface area contributed by atoms with Crippen molar-refractivity contribution in [3.63, 3.8) is 0 Å². The van der Waals surface area contributed by atoms with Crippen LogP contribution in [0.2, 0.25) is 0 Å². The third-order valence-electron chi connectivity index (χ3n) is 3.50. The molecule has 112 valence electrons. The first-order chi connectivity index (χ1) is 9.91. The molecule has 0 heterocycles. The van der Waals surface area contributed by atoms with Crippen LogP contribution in [-0.2, 0) is 0 Å². The second kappa shape index (κ2) is 6.44. The van der Waals surface area contributed by atoms with Gasteiger partial charge in [-0.2, -0.15) is 0 Å². The standard InChI is InChI=1S/C18H22O2S/c1-11(2)13-7-5-9-15(19)17(13)21-18-14(12(3)4)8-6-10-16(18)20/h5-12,19-20H,1-4H3. The highest BCUT2D eigenvalue weighted by molar-refractivity contribution is 7.99. The van der Waals surface area contributed by atoms with Crippen LogP contribution in [0.5, 0.6) is 11.5 Å². The minimum absolute atomic E-state index is 0.268. The normalized spacial score (nSPS) is 11.3. The van der Waals surface area contributed by atoms with Crippen LogP contribution in [0.1, 0.15) is 50.7 Å². The first kappa shape index (κ1) is 15.8. The van der Waals surface area contributed by atoms with E-state index in [1.165, 1.54) is 11.8 Å². The number of rotatable bonds is 4. The summed E-state index contributed by atoms with van der Waals surface area (Å²) in [5.41, 5.74) is 2.19. The van der Waals surface area contributed by atoms with Gasteiger partial charge in [0.05, 0.1) is 9.79 Å². The number of benzene rings is 2. The Balaban J connectivity index is 2.53. The fourth-order valence-corrected chi connectivity index (χ4v) is 3.71. The van der Waals surface area contributed by atoms with Crippen molar-refractivity contribution < 1.29 is 10.2 Å². The SMILES string of the molecule is CC(C)c1cccc(O)c1Sc1c(O)cccc1C(C)C. The predicted octanol–water partition coefficient (Wildman–Crippen LogP) is 5.50. The van der Waals surface area contributed by atoms with Crippen molar-refractivity contribution in [1.82, 2.24) is 0 Å². The quantitative estimate of drug-likeness (QED) is 0.784. The van der Waals surface area contributed by atoms with E-state index in [1.807, 2.05) is 24.3 Å². The van der Waals surface area contributed by atoms with Crippen molar-refractivity contribution in [1.29, 1.82) is 0 Å². The molecule has 21 heavy (non-hydrogen) atoms. The Bertz CT molecular complexity index is 578. The molecule has 2 aromatic carbocycles. The molecule has 0 saturated heterocycles. The Hall–Kier alpha value is -1.61. The van der Waals surface area contributed by atoms with Crippen molar-refractivity contribution in [3.8, 4) is 11.5 Å².